The third kappa shape index (κ3) is 12.6. The highest BCUT2D eigenvalue weighted by molar-refractivity contribution is 8.76. The van der Waals surface area contributed by atoms with Gasteiger partial charge in [0.25, 0.3) is 0 Å². The van der Waals surface area contributed by atoms with Crippen molar-refractivity contribution >= 4 is 33.6 Å². The Balaban J connectivity index is 2.05. The second-order valence-electron chi connectivity index (χ2n) is 5.71. The largest absolute Gasteiger partial charge is 0.444 e. The van der Waals surface area contributed by atoms with Crippen LogP contribution >= 0.6 is 21.6 Å². The van der Waals surface area contributed by atoms with Crippen molar-refractivity contribution in [2.45, 2.75) is 37.2 Å². The SMILES string of the molecule is CCC(CO)OC(COC(=O)NCCC(=O)NCCSSc1ccccn1)OC. The quantitative estimate of drug-likeness (QED) is 0.210. The van der Waals surface area contributed by atoms with Crippen molar-refractivity contribution < 1.29 is 28.9 Å². The lowest BCUT2D eigenvalue weighted by atomic mass is 10.3. The van der Waals surface area contributed by atoms with Gasteiger partial charge in [0.15, 0.2) is 6.29 Å². The van der Waals surface area contributed by atoms with Gasteiger partial charge in [0.05, 0.1) is 12.7 Å². The Morgan fingerprint density at radius 2 is 2.10 bits per heavy atom. The number of aliphatic hydroxyl groups excluding tert-OH is 1. The molecule has 1 aromatic heterocycles. The minimum absolute atomic E-state index is 0.115. The van der Waals surface area contributed by atoms with Crippen LogP contribution in [0.1, 0.15) is 19.8 Å². The second kappa shape index (κ2) is 16.3. The summed E-state index contributed by atoms with van der Waals surface area (Å²) in [5, 5.41) is 15.3. The topological polar surface area (TPSA) is 119 Å². The van der Waals surface area contributed by atoms with E-state index >= 15 is 0 Å². The van der Waals surface area contributed by atoms with Crippen LogP contribution in [0, 0.1) is 0 Å². The first-order chi connectivity index (χ1) is 14.1. The number of ether oxygens (including phenoxy) is 3. The molecular formula is C18H29N3O6S2. The summed E-state index contributed by atoms with van der Waals surface area (Å²) in [6.45, 7) is 2.30. The lowest BCUT2D eigenvalue weighted by Gasteiger charge is -2.21. The van der Waals surface area contributed by atoms with Gasteiger partial charge in [-0.25, -0.2) is 9.78 Å². The number of nitrogens with one attached hydrogen (secondary N) is 2. The highest BCUT2D eigenvalue weighted by Gasteiger charge is 2.16. The van der Waals surface area contributed by atoms with E-state index in [4.69, 9.17) is 19.3 Å². The van der Waals surface area contributed by atoms with Gasteiger partial charge in [-0.3, -0.25) is 4.79 Å². The summed E-state index contributed by atoms with van der Waals surface area (Å²) in [5.74, 6) is 0.591. The van der Waals surface area contributed by atoms with Crippen LogP contribution in [0.15, 0.2) is 29.4 Å². The molecule has 0 spiro atoms. The molecule has 0 radical (unpaired) electrons. The van der Waals surface area contributed by atoms with Gasteiger partial charge >= 0.3 is 6.09 Å². The van der Waals surface area contributed by atoms with Crippen LogP contribution < -0.4 is 10.6 Å². The van der Waals surface area contributed by atoms with Gasteiger partial charge < -0.3 is 30.0 Å². The number of carbonyl (C=O) groups is 2. The van der Waals surface area contributed by atoms with E-state index in [1.165, 1.54) is 7.11 Å². The van der Waals surface area contributed by atoms with Gasteiger partial charge in [-0.2, -0.15) is 0 Å². The Bertz CT molecular complexity index is 578. The summed E-state index contributed by atoms with van der Waals surface area (Å²) in [6.07, 6.45) is 0.696. The van der Waals surface area contributed by atoms with Gasteiger partial charge in [0.1, 0.15) is 11.6 Å². The summed E-state index contributed by atoms with van der Waals surface area (Å²) in [4.78, 5) is 27.6. The highest BCUT2D eigenvalue weighted by Crippen LogP contribution is 2.28. The first-order valence-corrected chi connectivity index (χ1v) is 11.6. The number of aromatic nitrogens is 1. The van der Waals surface area contributed by atoms with E-state index in [0.29, 0.717) is 13.0 Å². The normalized spacial score (nSPS) is 12.8. The molecule has 11 heteroatoms. The first-order valence-electron chi connectivity index (χ1n) is 9.26. The minimum Gasteiger partial charge on any atom is -0.444 e. The number of methoxy groups -OCH3 is 1. The van der Waals surface area contributed by atoms with Gasteiger partial charge in [0.2, 0.25) is 5.91 Å². The third-order valence-corrected chi connectivity index (χ3v) is 5.79. The van der Waals surface area contributed by atoms with E-state index in [9.17, 15) is 9.59 Å². The van der Waals surface area contributed by atoms with Crippen molar-refractivity contribution in [2.24, 2.45) is 0 Å². The maximum Gasteiger partial charge on any atom is 0.407 e. The van der Waals surface area contributed by atoms with Gasteiger partial charge in [-0.05, 0) is 29.3 Å². The Kier molecular flexibility index (Phi) is 14.3. The molecule has 0 saturated heterocycles. The molecule has 2 unspecified atom stereocenters. The third-order valence-electron chi connectivity index (χ3n) is 3.53. The predicted octanol–water partition coefficient (Wildman–Crippen LogP) is 1.81. The average Bonchev–Trinajstić information content (AvgIpc) is 2.74. The Morgan fingerprint density at radius 1 is 1.28 bits per heavy atom. The lowest BCUT2D eigenvalue weighted by Crippen LogP contribution is -2.35. The minimum atomic E-state index is -0.761. The maximum absolute atomic E-state index is 11.8. The number of carbonyl (C=O) groups excluding carboxylic acids is 2. The average molecular weight is 448 g/mol. The number of pyridine rings is 1. The van der Waals surface area contributed by atoms with Crippen LogP contribution in [0.2, 0.25) is 0 Å². The van der Waals surface area contributed by atoms with Gasteiger partial charge in [-0.15, -0.1) is 0 Å². The fraction of sp³-hybridized carbons (Fsp3) is 0.611. The molecule has 0 aromatic carbocycles. The molecule has 164 valence electrons. The van der Waals surface area contributed by atoms with E-state index in [0.717, 1.165) is 10.8 Å². The zero-order valence-corrected chi connectivity index (χ0v) is 18.3. The smallest absolute Gasteiger partial charge is 0.407 e. The van der Waals surface area contributed by atoms with Crippen LogP contribution in [-0.2, 0) is 19.0 Å². The van der Waals surface area contributed by atoms with Crippen molar-refractivity contribution in [3.8, 4) is 0 Å². The van der Waals surface area contributed by atoms with Crippen LogP contribution in [0.3, 0.4) is 0 Å². The fourth-order valence-electron chi connectivity index (χ4n) is 1.94. The molecule has 9 nitrogen and oxygen atoms in total. The predicted molar refractivity (Wildman–Crippen MR) is 113 cm³/mol. The Morgan fingerprint density at radius 3 is 2.76 bits per heavy atom. The molecular weight excluding hydrogens is 418 g/mol. The number of hydrogen-bond donors (Lipinski definition) is 3. The second-order valence-corrected chi connectivity index (χ2v) is 8.15. The molecule has 0 fully saturated rings. The number of rotatable bonds is 15. The van der Waals surface area contributed by atoms with Crippen LogP contribution in [-0.4, -0.2) is 73.7 Å². The van der Waals surface area contributed by atoms with Crippen molar-refractivity contribution in [1.82, 2.24) is 15.6 Å². The summed E-state index contributed by atoms with van der Waals surface area (Å²) in [7, 11) is 4.59. The molecule has 3 N–H and O–H groups in total. The first kappa shape index (κ1) is 25.5. The molecule has 0 saturated carbocycles. The van der Waals surface area contributed by atoms with Crippen molar-refractivity contribution in [3.05, 3.63) is 24.4 Å². The summed E-state index contributed by atoms with van der Waals surface area (Å²) in [5.41, 5.74) is 0. The number of nitrogens with zero attached hydrogens (tertiary/aromatic N) is 1. The molecule has 0 aliphatic heterocycles. The zero-order valence-electron chi connectivity index (χ0n) is 16.7. The highest BCUT2D eigenvalue weighted by atomic mass is 33.1. The standard InChI is InChI=1S/C18H29N3O6S2/c1-3-14(12-22)27-17(25-2)13-26-18(24)21-9-7-15(23)19-10-11-28-29-16-6-4-5-8-20-16/h4-6,8,14,17,22H,3,7,9-13H2,1-2H3,(H,19,23)(H,21,24). The molecule has 2 amide bonds. The monoisotopic (exact) mass is 447 g/mol. The Labute approximate surface area is 179 Å². The lowest BCUT2D eigenvalue weighted by molar-refractivity contribution is -0.181. The van der Waals surface area contributed by atoms with E-state index in [1.807, 2.05) is 25.1 Å². The van der Waals surface area contributed by atoms with Gasteiger partial charge in [0, 0.05) is 38.6 Å². The molecule has 1 rings (SSSR count). The molecule has 1 aromatic rings. The summed E-state index contributed by atoms with van der Waals surface area (Å²) >= 11 is 0. The van der Waals surface area contributed by atoms with E-state index in [2.05, 4.69) is 15.6 Å². The van der Waals surface area contributed by atoms with Crippen molar-refractivity contribution in [3.63, 3.8) is 0 Å². The summed E-state index contributed by atoms with van der Waals surface area (Å²) in [6, 6.07) is 5.72. The fourth-order valence-corrected chi connectivity index (χ4v) is 3.72. The van der Waals surface area contributed by atoms with E-state index < -0.39 is 12.4 Å². The number of hydrogen-bond acceptors (Lipinski definition) is 9. The molecule has 0 aliphatic carbocycles. The zero-order chi connectivity index (χ0) is 21.3. The van der Waals surface area contributed by atoms with Crippen LogP contribution in [0.4, 0.5) is 4.79 Å². The van der Waals surface area contributed by atoms with Crippen molar-refractivity contribution in [1.29, 1.82) is 0 Å². The van der Waals surface area contributed by atoms with Crippen LogP contribution in [0.25, 0.3) is 0 Å². The van der Waals surface area contributed by atoms with E-state index in [1.54, 1.807) is 27.8 Å². The number of alkyl carbamates (subject to hydrolysis) is 1. The molecule has 29 heavy (non-hydrogen) atoms. The van der Waals surface area contributed by atoms with Gasteiger partial charge in [-0.1, -0.05) is 23.8 Å². The number of amides is 2. The summed E-state index contributed by atoms with van der Waals surface area (Å²) < 4.78 is 15.5. The maximum atomic E-state index is 11.8. The molecule has 2 atom stereocenters. The molecule has 0 aliphatic rings. The number of aliphatic hydroxyl groups is 1. The molecule has 0 bridgehead atoms. The van der Waals surface area contributed by atoms with Crippen molar-refractivity contribution in [2.75, 3.05) is 39.2 Å². The van der Waals surface area contributed by atoms with Crippen LogP contribution in [0.5, 0.6) is 0 Å². The van der Waals surface area contributed by atoms with E-state index in [-0.39, 0.29) is 38.2 Å². The Hall–Kier alpha value is -1.53. The molecule has 1 heterocycles.